The van der Waals surface area contributed by atoms with Gasteiger partial charge in [-0.3, -0.25) is 0 Å². The molecule has 0 unspecified atom stereocenters. The molecule has 0 bridgehead atoms. The maximum absolute atomic E-state index is 15.1. The first kappa shape index (κ1) is 16.6. The Morgan fingerprint density at radius 3 is 2.88 bits per heavy atom. The summed E-state index contributed by atoms with van der Waals surface area (Å²) in [6, 6.07) is 3.37. The Labute approximate surface area is 150 Å². The van der Waals surface area contributed by atoms with Crippen LogP contribution in [0.15, 0.2) is 12.1 Å². The Morgan fingerprint density at radius 1 is 1.31 bits per heavy atom. The summed E-state index contributed by atoms with van der Waals surface area (Å²) >= 11 is 0. The number of fused-ring (bicyclic) bond motifs is 3. The van der Waals surface area contributed by atoms with Crippen molar-refractivity contribution in [3.05, 3.63) is 40.3 Å². The molecule has 2 heterocycles. The van der Waals surface area contributed by atoms with Gasteiger partial charge in [-0.15, -0.1) is 0 Å². The molecular formula is C20H20FN3O2. The van der Waals surface area contributed by atoms with E-state index in [0.29, 0.717) is 35.2 Å². The Balaban J connectivity index is 1.96. The summed E-state index contributed by atoms with van der Waals surface area (Å²) in [4.78, 5) is 16.0. The average molecular weight is 353 g/mol. The van der Waals surface area contributed by atoms with E-state index in [-0.39, 0.29) is 6.54 Å². The summed E-state index contributed by atoms with van der Waals surface area (Å²) in [6.07, 6.45) is 6.51. The van der Waals surface area contributed by atoms with Gasteiger partial charge in [-0.1, -0.05) is 12.5 Å². The number of nitrogens with zero attached hydrogens (tertiary/aromatic N) is 2. The average Bonchev–Trinajstić information content (AvgIpc) is 2.84. The van der Waals surface area contributed by atoms with E-state index in [0.717, 1.165) is 48.7 Å². The van der Waals surface area contributed by atoms with Crippen LogP contribution in [0.25, 0.3) is 16.5 Å². The van der Waals surface area contributed by atoms with Gasteiger partial charge < -0.3 is 15.0 Å². The van der Waals surface area contributed by atoms with Gasteiger partial charge in [0, 0.05) is 29.7 Å². The third kappa shape index (κ3) is 2.64. The Kier molecular flexibility index (Phi) is 4.15. The Bertz CT molecular complexity index is 968. The second kappa shape index (κ2) is 6.49. The van der Waals surface area contributed by atoms with E-state index in [9.17, 15) is 15.2 Å². The summed E-state index contributed by atoms with van der Waals surface area (Å²) in [5.74, 6) is -0.446. The number of halogens is 1. The number of H-pyrrole nitrogens is 1. The van der Waals surface area contributed by atoms with Gasteiger partial charge in [-0.2, -0.15) is 5.26 Å². The molecule has 0 saturated heterocycles. The number of carboxylic acid groups (broad SMARTS) is 1. The van der Waals surface area contributed by atoms with Crippen molar-refractivity contribution in [1.29, 1.82) is 5.26 Å². The largest absolute Gasteiger partial charge is 0.465 e. The van der Waals surface area contributed by atoms with E-state index in [4.69, 9.17) is 0 Å². The second-order valence-electron chi connectivity index (χ2n) is 7.01. The molecule has 2 aliphatic rings. The zero-order chi connectivity index (χ0) is 18.3. The highest BCUT2D eigenvalue weighted by Crippen LogP contribution is 2.38. The first-order valence-corrected chi connectivity index (χ1v) is 9.03. The molecule has 2 aromatic rings. The Hall–Kier alpha value is -2.81. The van der Waals surface area contributed by atoms with Crippen molar-refractivity contribution in [3.63, 3.8) is 0 Å². The van der Waals surface area contributed by atoms with Crippen LogP contribution in [-0.4, -0.2) is 34.2 Å². The van der Waals surface area contributed by atoms with Crippen LogP contribution in [-0.2, 0) is 12.8 Å². The number of benzene rings is 1. The first-order chi connectivity index (χ1) is 12.6. The van der Waals surface area contributed by atoms with E-state index >= 15 is 4.39 Å². The third-order valence-corrected chi connectivity index (χ3v) is 5.44. The second-order valence-corrected chi connectivity index (χ2v) is 7.01. The highest BCUT2D eigenvalue weighted by atomic mass is 19.1. The predicted molar refractivity (Wildman–Crippen MR) is 96.4 cm³/mol. The summed E-state index contributed by atoms with van der Waals surface area (Å²) in [7, 11) is 0. The quantitative estimate of drug-likeness (QED) is 0.754. The maximum atomic E-state index is 15.1. The zero-order valence-electron chi connectivity index (χ0n) is 14.4. The van der Waals surface area contributed by atoms with Gasteiger partial charge in [0.2, 0.25) is 0 Å². The summed E-state index contributed by atoms with van der Waals surface area (Å²) in [5, 5.41) is 19.5. The van der Waals surface area contributed by atoms with Crippen molar-refractivity contribution in [2.24, 2.45) is 0 Å². The number of nitrogens with one attached hydrogen (secondary N) is 1. The fourth-order valence-electron chi connectivity index (χ4n) is 4.22. The van der Waals surface area contributed by atoms with Crippen molar-refractivity contribution >= 4 is 22.6 Å². The number of hydrogen-bond acceptors (Lipinski definition) is 2. The third-order valence-electron chi connectivity index (χ3n) is 5.44. The molecule has 0 saturated carbocycles. The standard InChI is InChI=1S/C20H20FN3O2/c21-15-9-13(10-22)19-18(14-6-2-1-3-7-16(14)23-19)17(15)12-5-4-8-24(11-12)20(25)26/h5,9,23H,1-4,6-8,11H2,(H,25,26). The molecular weight excluding hydrogens is 333 g/mol. The monoisotopic (exact) mass is 353 g/mol. The van der Waals surface area contributed by atoms with Gasteiger partial charge in [-0.25, -0.2) is 9.18 Å². The van der Waals surface area contributed by atoms with Gasteiger partial charge in [0.1, 0.15) is 11.9 Å². The summed E-state index contributed by atoms with van der Waals surface area (Å²) < 4.78 is 15.1. The molecule has 0 spiro atoms. The lowest BCUT2D eigenvalue weighted by molar-refractivity contribution is 0.150. The minimum Gasteiger partial charge on any atom is -0.465 e. The molecule has 26 heavy (non-hydrogen) atoms. The van der Waals surface area contributed by atoms with Crippen molar-refractivity contribution in [2.45, 2.75) is 38.5 Å². The number of aromatic amines is 1. The lowest BCUT2D eigenvalue weighted by Crippen LogP contribution is -2.34. The van der Waals surface area contributed by atoms with E-state index in [1.165, 1.54) is 11.0 Å². The molecule has 2 N–H and O–H groups in total. The van der Waals surface area contributed by atoms with Crippen molar-refractivity contribution < 1.29 is 14.3 Å². The molecule has 0 atom stereocenters. The number of nitriles is 1. The molecule has 1 aliphatic carbocycles. The minimum absolute atomic E-state index is 0.174. The number of aromatic nitrogens is 1. The van der Waals surface area contributed by atoms with Crippen molar-refractivity contribution in [1.82, 2.24) is 9.88 Å². The molecule has 134 valence electrons. The van der Waals surface area contributed by atoms with Crippen LogP contribution < -0.4 is 0 Å². The first-order valence-electron chi connectivity index (χ1n) is 9.03. The zero-order valence-corrected chi connectivity index (χ0v) is 14.4. The number of aryl methyl sites for hydroxylation is 2. The van der Waals surface area contributed by atoms with Gasteiger partial charge >= 0.3 is 6.09 Å². The molecule has 0 radical (unpaired) electrons. The highest BCUT2D eigenvalue weighted by Gasteiger charge is 2.26. The molecule has 6 heteroatoms. The van der Waals surface area contributed by atoms with Gasteiger partial charge in [0.15, 0.2) is 0 Å². The number of amides is 1. The summed E-state index contributed by atoms with van der Waals surface area (Å²) in [6.45, 7) is 0.596. The smallest absolute Gasteiger partial charge is 0.407 e. The van der Waals surface area contributed by atoms with E-state index in [2.05, 4.69) is 11.1 Å². The molecule has 4 rings (SSSR count). The van der Waals surface area contributed by atoms with Crippen LogP contribution in [0.3, 0.4) is 0 Å². The van der Waals surface area contributed by atoms with Gasteiger partial charge in [0.25, 0.3) is 0 Å². The van der Waals surface area contributed by atoms with E-state index < -0.39 is 11.9 Å². The molecule has 1 aliphatic heterocycles. The van der Waals surface area contributed by atoms with Crippen LogP contribution in [0.2, 0.25) is 0 Å². The lowest BCUT2D eigenvalue weighted by Gasteiger charge is -2.25. The lowest BCUT2D eigenvalue weighted by atomic mass is 9.92. The van der Waals surface area contributed by atoms with Crippen LogP contribution in [0.5, 0.6) is 0 Å². The predicted octanol–water partition coefficient (Wildman–Crippen LogP) is 4.21. The normalized spacial score (nSPS) is 17.4. The van der Waals surface area contributed by atoms with Crippen LogP contribution >= 0.6 is 0 Å². The van der Waals surface area contributed by atoms with E-state index in [1.54, 1.807) is 0 Å². The van der Waals surface area contributed by atoms with Crippen LogP contribution in [0.4, 0.5) is 9.18 Å². The van der Waals surface area contributed by atoms with Crippen molar-refractivity contribution in [2.75, 3.05) is 13.1 Å². The topological polar surface area (TPSA) is 80.1 Å². The number of carbonyl (C=O) groups is 1. The van der Waals surface area contributed by atoms with E-state index in [1.807, 2.05) is 6.08 Å². The van der Waals surface area contributed by atoms with Crippen LogP contribution in [0, 0.1) is 17.1 Å². The highest BCUT2D eigenvalue weighted by molar-refractivity contribution is 5.99. The Morgan fingerprint density at radius 2 is 2.12 bits per heavy atom. The number of hydrogen-bond donors (Lipinski definition) is 2. The molecule has 1 aromatic carbocycles. The SMILES string of the molecule is N#Cc1cc(F)c(C2=CCCN(C(=O)O)C2)c2c3c([nH]c12)CCCCC3. The fourth-order valence-corrected chi connectivity index (χ4v) is 4.22. The van der Waals surface area contributed by atoms with Gasteiger partial charge in [-0.05, 0) is 49.3 Å². The fraction of sp³-hybridized carbons (Fsp3) is 0.400. The maximum Gasteiger partial charge on any atom is 0.407 e. The summed E-state index contributed by atoms with van der Waals surface area (Å²) in [5.41, 5.74) is 4.33. The minimum atomic E-state index is -0.992. The van der Waals surface area contributed by atoms with Crippen molar-refractivity contribution in [3.8, 4) is 6.07 Å². The number of rotatable bonds is 1. The van der Waals surface area contributed by atoms with Crippen LogP contribution in [0.1, 0.15) is 48.1 Å². The molecule has 5 nitrogen and oxygen atoms in total. The molecule has 1 amide bonds. The molecule has 1 aromatic heterocycles. The van der Waals surface area contributed by atoms with Gasteiger partial charge in [0.05, 0.1) is 11.1 Å². The molecule has 0 fully saturated rings.